The zero-order valence-electron chi connectivity index (χ0n) is 57.5. The van der Waals surface area contributed by atoms with Gasteiger partial charge in [-0.25, -0.2) is 143 Å². The number of rotatable bonds is 18. The number of aromatic nitrogens is 25. The van der Waals surface area contributed by atoms with E-state index in [9.17, 15) is 42.3 Å². The van der Waals surface area contributed by atoms with Crippen LogP contribution in [0.3, 0.4) is 0 Å². The second-order valence-electron chi connectivity index (χ2n) is 21.0. The van der Waals surface area contributed by atoms with E-state index in [1.807, 2.05) is 32.9 Å². The Morgan fingerprint density at radius 2 is 0.804 bits per heavy atom. The predicted molar refractivity (Wildman–Crippen MR) is 381 cm³/mol. The van der Waals surface area contributed by atoms with Crippen LogP contribution in [0.15, 0.2) is 198 Å². The van der Waals surface area contributed by atoms with Gasteiger partial charge in [-0.2, -0.15) is 4.39 Å². The van der Waals surface area contributed by atoms with E-state index in [4.69, 9.17) is 41.5 Å². The number of aromatic carboxylic acids is 7. The standard InChI is InChI=1S/C11H10N4O2.2C10H7FN4O2.C9H8N6O2.2C9H8N4O2.C8H6N4O2/c1-7-2-3-8(5-12-7)15-10-4-9(11(16)17)13-6-14-10;11-6-1-2-8(12-4-6)15-9-3-7(10(16)17)13-5-14-9;11-7-2-1-3-8(14-7)15-9-4-6(10(16)17)12-5-13-9;10-6-2-8(14-4-12-6)15-7-1-5(9(16)17)11-3-13-7;1-6-3-13(5-12-6)8-2-7(9(14)15)10-4-11-8;1-6-10-2-3-13(6)8-4-7(9(14)15)11-5-12-8;13-8(14)6-3-7(11-4-10-6)12-2-1-9-5-12/h2-6H,1H3,(H,16,17)(H,13,14,15);2*1-5H,(H,16,17)(H,12,13,14,15);1-4H,(H,16,17)(H3,10,11,12,13,14,15);2*2-5H,1H3,(H,14,15);1-5H,(H,13,14). The number of carbonyl (C=O) groups is 7. The SMILES string of the molecule is Cc1ccc(Nc2cc(C(=O)O)ncn2)cn1.Cc1cn(-c2cc(C(=O)O)ncn2)cn1.Cc1nccn1-c1cc(C(=O)O)ncn1.Nc1cc(Nc2cc(C(=O)O)ncn2)ncn1.O=C(O)c1cc(-n2ccnc2)ncn1.O=C(O)c1cc(Nc2ccc(F)cn2)ncn1.O=C(O)c1cc(Nc2cccc(F)n2)ncn1. The Morgan fingerprint density at radius 1 is 0.366 bits per heavy atom. The molecular formula is C66H54F2N30O14. The van der Waals surface area contributed by atoms with Gasteiger partial charge in [0.1, 0.15) is 139 Å². The van der Waals surface area contributed by atoms with Crippen LogP contribution in [0.2, 0.25) is 0 Å². The average molecular weight is 1530 g/mol. The van der Waals surface area contributed by atoms with Gasteiger partial charge in [-0.1, -0.05) is 6.07 Å². The van der Waals surface area contributed by atoms with Crippen molar-refractivity contribution in [2.75, 3.05) is 27.0 Å². The number of nitrogen functional groups attached to an aromatic ring is 1. The van der Waals surface area contributed by atoms with Crippen LogP contribution < -0.4 is 27.0 Å². The number of nitrogens with one attached hydrogen (secondary N) is 4. The molecule has 14 aromatic rings. The van der Waals surface area contributed by atoms with Gasteiger partial charge in [-0.05, 0) is 57.2 Å². The number of carboxylic acid groups (broad SMARTS) is 7. The summed E-state index contributed by atoms with van der Waals surface area (Å²) in [5, 5.41) is 72.3. The lowest BCUT2D eigenvalue weighted by Gasteiger charge is -2.05. The third-order valence-corrected chi connectivity index (χ3v) is 13.1. The van der Waals surface area contributed by atoms with Crippen LogP contribution in [-0.2, 0) is 0 Å². The molecule has 0 aliphatic heterocycles. The lowest BCUT2D eigenvalue weighted by molar-refractivity contribution is 0.0679. The van der Waals surface area contributed by atoms with Crippen LogP contribution in [0.25, 0.3) is 17.5 Å². The van der Waals surface area contributed by atoms with Crippen LogP contribution in [-0.4, -0.2) is 201 Å². The number of nitrogens with zero attached hydrogens (tertiary/aromatic N) is 25. The second-order valence-corrected chi connectivity index (χ2v) is 21.0. The molecule has 0 aromatic carbocycles. The third-order valence-electron chi connectivity index (χ3n) is 13.1. The number of carboxylic acids is 7. The summed E-state index contributed by atoms with van der Waals surface area (Å²) in [6, 6.07) is 21.4. The molecule has 13 N–H and O–H groups in total. The zero-order chi connectivity index (χ0) is 80.6. The van der Waals surface area contributed by atoms with Gasteiger partial charge in [0.05, 0.1) is 23.8 Å². The highest BCUT2D eigenvalue weighted by Gasteiger charge is 2.14. The number of hydrogen-bond donors (Lipinski definition) is 12. The zero-order valence-corrected chi connectivity index (χ0v) is 57.5. The van der Waals surface area contributed by atoms with Gasteiger partial charge >= 0.3 is 41.8 Å². The van der Waals surface area contributed by atoms with Gasteiger partial charge < -0.3 is 62.7 Å². The molecule has 14 aromatic heterocycles. The fourth-order valence-corrected chi connectivity index (χ4v) is 7.99. The summed E-state index contributed by atoms with van der Waals surface area (Å²) in [5.74, 6) is -4.07. The van der Waals surface area contributed by atoms with Crippen molar-refractivity contribution < 1.29 is 78.1 Å². The Hall–Kier alpha value is -17.1. The largest absolute Gasteiger partial charge is 0.477 e. The molecule has 0 fully saturated rings. The molecule has 0 spiro atoms. The molecule has 0 aliphatic carbocycles. The molecule has 0 unspecified atom stereocenters. The molecule has 0 amide bonds. The maximum absolute atomic E-state index is 12.8. The summed E-state index contributed by atoms with van der Waals surface area (Å²) < 4.78 is 30.3. The van der Waals surface area contributed by atoms with Gasteiger partial charge in [0.15, 0.2) is 39.9 Å². The highest BCUT2D eigenvalue weighted by atomic mass is 19.1. The first-order valence-corrected chi connectivity index (χ1v) is 30.9. The fraction of sp³-hybridized carbons (Fsp3) is 0.0455. The van der Waals surface area contributed by atoms with Crippen molar-refractivity contribution in [1.82, 2.24) is 123 Å². The van der Waals surface area contributed by atoms with E-state index in [1.54, 1.807) is 57.2 Å². The Morgan fingerprint density at radius 3 is 1.21 bits per heavy atom. The van der Waals surface area contributed by atoms with Crippen molar-refractivity contribution in [2.45, 2.75) is 20.8 Å². The number of aryl methyl sites for hydroxylation is 3. The lowest BCUT2D eigenvalue weighted by Crippen LogP contribution is -2.05. The number of pyridine rings is 3. The van der Waals surface area contributed by atoms with Crippen molar-refractivity contribution in [3.05, 3.63) is 266 Å². The van der Waals surface area contributed by atoms with E-state index in [2.05, 4.69) is 131 Å². The number of halogens is 2. The van der Waals surface area contributed by atoms with E-state index in [0.717, 1.165) is 48.1 Å². The monoisotopic (exact) mass is 1530 g/mol. The van der Waals surface area contributed by atoms with E-state index in [0.29, 0.717) is 46.5 Å². The first-order valence-electron chi connectivity index (χ1n) is 30.9. The van der Waals surface area contributed by atoms with Gasteiger partial charge in [-0.3, -0.25) is 18.7 Å². The van der Waals surface area contributed by atoms with Gasteiger partial charge in [0, 0.05) is 85.2 Å². The summed E-state index contributed by atoms with van der Waals surface area (Å²) in [4.78, 5) is 158. The summed E-state index contributed by atoms with van der Waals surface area (Å²) in [7, 11) is 0. The van der Waals surface area contributed by atoms with Crippen LogP contribution in [0.1, 0.15) is 90.6 Å². The average Bonchev–Trinajstić information content (AvgIpc) is 1.68. The molecule has 112 heavy (non-hydrogen) atoms. The van der Waals surface area contributed by atoms with E-state index in [-0.39, 0.29) is 57.3 Å². The molecule has 44 nitrogen and oxygen atoms in total. The Kier molecular flexibility index (Phi) is 28.5. The number of hydrogen-bond acceptors (Lipinski definition) is 34. The van der Waals surface area contributed by atoms with Crippen molar-refractivity contribution in [3.63, 3.8) is 0 Å². The highest BCUT2D eigenvalue weighted by molar-refractivity contribution is 5.89. The Bertz CT molecular complexity index is 5380. The van der Waals surface area contributed by atoms with Crippen molar-refractivity contribution in [1.29, 1.82) is 0 Å². The second kappa shape index (κ2) is 39.7. The van der Waals surface area contributed by atoms with Crippen molar-refractivity contribution >= 4 is 94.0 Å². The first kappa shape index (κ1) is 80.6. The molecule has 0 aliphatic rings. The molecule has 0 saturated heterocycles. The van der Waals surface area contributed by atoms with Crippen LogP contribution in [0.5, 0.6) is 0 Å². The van der Waals surface area contributed by atoms with Gasteiger partial charge in [-0.15, -0.1) is 0 Å². The number of anilines is 9. The molecule has 0 saturated carbocycles. The minimum Gasteiger partial charge on any atom is -0.477 e. The molecule has 46 heteroatoms. The van der Waals surface area contributed by atoms with Crippen LogP contribution in [0.4, 0.5) is 61.0 Å². The molecule has 14 heterocycles. The van der Waals surface area contributed by atoms with Gasteiger partial charge in [0.2, 0.25) is 5.95 Å². The van der Waals surface area contributed by atoms with E-state index < -0.39 is 53.6 Å². The van der Waals surface area contributed by atoms with E-state index >= 15 is 0 Å². The summed E-state index contributed by atoms with van der Waals surface area (Å²) >= 11 is 0. The summed E-state index contributed by atoms with van der Waals surface area (Å²) in [5.41, 5.74) is 7.40. The smallest absolute Gasteiger partial charge is 0.354 e. The molecule has 0 radical (unpaired) electrons. The topological polar surface area (TPSA) is 634 Å². The van der Waals surface area contributed by atoms with Crippen LogP contribution >= 0.6 is 0 Å². The summed E-state index contributed by atoms with van der Waals surface area (Å²) in [6.07, 6.45) is 23.7. The minimum absolute atomic E-state index is 0.0342. The maximum atomic E-state index is 12.8. The molecule has 14 rings (SSSR count). The highest BCUT2D eigenvalue weighted by Crippen LogP contribution is 2.18. The molecular weight excluding hydrogens is 1470 g/mol. The fourth-order valence-electron chi connectivity index (χ4n) is 7.99. The maximum Gasteiger partial charge on any atom is 0.354 e. The quantitative estimate of drug-likeness (QED) is 0.0407. The lowest BCUT2D eigenvalue weighted by atomic mass is 10.3. The Balaban J connectivity index is 0.000000164. The van der Waals surface area contributed by atoms with Crippen LogP contribution in [0, 0.1) is 32.5 Å². The van der Waals surface area contributed by atoms with Crippen molar-refractivity contribution in [2.24, 2.45) is 0 Å². The molecule has 0 bridgehead atoms. The normalized spacial score (nSPS) is 10.0. The number of imidazole rings is 3. The third kappa shape index (κ3) is 25.6. The van der Waals surface area contributed by atoms with Gasteiger partial charge in [0.25, 0.3) is 0 Å². The van der Waals surface area contributed by atoms with Crippen molar-refractivity contribution in [3.8, 4) is 17.5 Å². The summed E-state index contributed by atoms with van der Waals surface area (Å²) in [6.45, 7) is 5.54. The number of nitrogens with two attached hydrogens (primary N) is 1. The Labute approximate surface area is 625 Å². The predicted octanol–water partition coefficient (Wildman–Crippen LogP) is 6.52. The molecule has 0 atom stereocenters. The first-order chi connectivity index (χ1) is 53.7. The van der Waals surface area contributed by atoms with E-state index in [1.165, 1.54) is 117 Å². The molecule has 566 valence electrons. The minimum atomic E-state index is -1.16.